The van der Waals surface area contributed by atoms with Crippen molar-refractivity contribution in [2.75, 3.05) is 11.4 Å². The molecule has 23 heavy (non-hydrogen) atoms. The van der Waals surface area contributed by atoms with Crippen LogP contribution < -0.4 is 4.90 Å². The van der Waals surface area contributed by atoms with Gasteiger partial charge in [-0.3, -0.25) is 4.99 Å². The Bertz CT molecular complexity index is 887. The van der Waals surface area contributed by atoms with E-state index in [1.807, 2.05) is 48.7 Å². The molecular weight excluding hydrogens is 292 g/mol. The van der Waals surface area contributed by atoms with Gasteiger partial charge in [0.05, 0.1) is 6.54 Å². The molecule has 0 saturated heterocycles. The van der Waals surface area contributed by atoms with E-state index in [2.05, 4.69) is 20.2 Å². The van der Waals surface area contributed by atoms with Gasteiger partial charge in [0, 0.05) is 24.0 Å². The lowest BCUT2D eigenvalue weighted by Crippen LogP contribution is -2.38. The van der Waals surface area contributed by atoms with Crippen LogP contribution in [0.5, 0.6) is 0 Å². The zero-order chi connectivity index (χ0) is 15.6. The highest BCUT2D eigenvalue weighted by molar-refractivity contribution is 5.90. The van der Waals surface area contributed by atoms with Crippen molar-refractivity contribution < 1.29 is 9.42 Å². The second-order valence-corrected chi connectivity index (χ2v) is 5.47. The molecule has 6 nitrogen and oxygen atoms in total. The molecule has 1 aliphatic heterocycles. The predicted molar refractivity (Wildman–Crippen MR) is 86.7 cm³/mol. The van der Waals surface area contributed by atoms with Crippen LogP contribution in [0.1, 0.15) is 11.1 Å². The van der Waals surface area contributed by atoms with Crippen LogP contribution in [-0.4, -0.2) is 35.4 Å². The number of carbonyl (C=O) groups is 1. The molecule has 1 aliphatic rings. The molecule has 0 fully saturated rings. The smallest absolute Gasteiger partial charge is 0.144 e. The first kappa shape index (κ1) is 13.6. The number of rotatable bonds is 3. The largest absolute Gasteiger partial charge is 0.355 e. The molecule has 0 radical (unpaired) electrons. The molecule has 1 aromatic heterocycles. The van der Waals surface area contributed by atoms with E-state index in [9.17, 15) is 4.79 Å². The highest BCUT2D eigenvalue weighted by atomic mass is 16.6. The Morgan fingerprint density at radius 1 is 1.17 bits per heavy atom. The fraction of sp³-hybridized carbons (Fsp3) is 0.176. The second kappa shape index (κ2) is 5.64. The normalized spacial score (nSPS) is 17.0. The van der Waals surface area contributed by atoms with Crippen molar-refractivity contribution in [1.82, 2.24) is 10.3 Å². The number of aldehydes is 1. The molecule has 0 N–H and O–H groups in total. The van der Waals surface area contributed by atoms with Crippen molar-refractivity contribution in [2.24, 2.45) is 4.99 Å². The van der Waals surface area contributed by atoms with Crippen molar-refractivity contribution >= 4 is 29.2 Å². The summed E-state index contributed by atoms with van der Waals surface area (Å²) in [5, 5.41) is 7.69. The van der Waals surface area contributed by atoms with Gasteiger partial charge in [-0.05, 0) is 34.1 Å². The number of carbonyl (C=O) groups excluding carboxylic acids is 1. The van der Waals surface area contributed by atoms with Gasteiger partial charge >= 0.3 is 0 Å². The second-order valence-electron chi connectivity index (χ2n) is 5.47. The fourth-order valence-electron chi connectivity index (χ4n) is 2.84. The number of para-hydroxylation sites is 1. The first-order valence-electron chi connectivity index (χ1n) is 7.37. The summed E-state index contributed by atoms with van der Waals surface area (Å²) in [5.41, 5.74) is 4.49. The number of nitrogens with zero attached hydrogens (tertiary/aromatic N) is 4. The van der Waals surface area contributed by atoms with Crippen LogP contribution in [0.2, 0.25) is 0 Å². The predicted octanol–water partition coefficient (Wildman–Crippen LogP) is 2.23. The lowest BCUT2D eigenvalue weighted by atomic mass is 10.1. The van der Waals surface area contributed by atoms with Gasteiger partial charge in [0.1, 0.15) is 23.4 Å². The minimum atomic E-state index is -0.291. The van der Waals surface area contributed by atoms with Crippen molar-refractivity contribution in [1.29, 1.82) is 0 Å². The topological polar surface area (TPSA) is 71.6 Å². The van der Waals surface area contributed by atoms with Crippen LogP contribution in [0.4, 0.5) is 5.69 Å². The van der Waals surface area contributed by atoms with Crippen LogP contribution in [0.15, 0.2) is 52.1 Å². The number of fused-ring (bicyclic) bond motifs is 2. The van der Waals surface area contributed by atoms with Gasteiger partial charge in [0.25, 0.3) is 0 Å². The minimum absolute atomic E-state index is 0.291. The van der Waals surface area contributed by atoms with Gasteiger partial charge in [-0.25, -0.2) is 4.63 Å². The molecule has 6 heteroatoms. The van der Waals surface area contributed by atoms with E-state index in [0.29, 0.717) is 18.6 Å². The summed E-state index contributed by atoms with van der Waals surface area (Å²) in [6.45, 7) is 1.04. The molecule has 0 spiro atoms. The van der Waals surface area contributed by atoms with Crippen molar-refractivity contribution in [3.63, 3.8) is 0 Å². The van der Waals surface area contributed by atoms with E-state index in [1.165, 1.54) is 0 Å². The zero-order valence-corrected chi connectivity index (χ0v) is 12.3. The van der Waals surface area contributed by atoms with Crippen LogP contribution in [0.3, 0.4) is 0 Å². The van der Waals surface area contributed by atoms with Gasteiger partial charge in [0.2, 0.25) is 0 Å². The van der Waals surface area contributed by atoms with Gasteiger partial charge in [-0.2, -0.15) is 0 Å². The highest BCUT2D eigenvalue weighted by Gasteiger charge is 2.22. The SMILES string of the molecule is O=CC1CN=Cc2ccccc2N1Cc1ccc2nonc2c1. The molecule has 1 unspecified atom stereocenters. The quantitative estimate of drug-likeness (QED) is 0.694. The first-order valence-corrected chi connectivity index (χ1v) is 7.37. The summed E-state index contributed by atoms with van der Waals surface area (Å²) in [6, 6.07) is 13.4. The number of aliphatic imine (C=N–C) groups is 1. The van der Waals surface area contributed by atoms with Crippen LogP contribution in [-0.2, 0) is 11.3 Å². The number of anilines is 1. The maximum atomic E-state index is 11.5. The maximum absolute atomic E-state index is 11.5. The van der Waals surface area contributed by atoms with Crippen LogP contribution in [0.25, 0.3) is 11.0 Å². The Morgan fingerprint density at radius 3 is 2.96 bits per heavy atom. The highest BCUT2D eigenvalue weighted by Crippen LogP contribution is 2.26. The van der Waals surface area contributed by atoms with Crippen molar-refractivity contribution in [3.8, 4) is 0 Å². The summed E-state index contributed by atoms with van der Waals surface area (Å²) in [5.74, 6) is 0. The Kier molecular flexibility index (Phi) is 3.34. The molecule has 1 atom stereocenters. The standard InChI is InChI=1S/C17H14N4O2/c22-11-14-9-18-8-13-3-1-2-4-17(13)21(14)10-12-5-6-15-16(7-12)20-23-19-15/h1-8,11,14H,9-10H2. The summed E-state index contributed by atoms with van der Waals surface area (Å²) in [7, 11) is 0. The number of hydrogen-bond donors (Lipinski definition) is 0. The monoisotopic (exact) mass is 306 g/mol. The summed E-state index contributed by atoms with van der Waals surface area (Å²) < 4.78 is 4.74. The summed E-state index contributed by atoms with van der Waals surface area (Å²) in [4.78, 5) is 18.0. The molecule has 2 aromatic carbocycles. The van der Waals surface area contributed by atoms with Crippen LogP contribution in [0, 0.1) is 0 Å². The van der Waals surface area contributed by atoms with Gasteiger partial charge in [0.15, 0.2) is 0 Å². The Labute approximate surface area is 132 Å². The zero-order valence-electron chi connectivity index (χ0n) is 12.3. The maximum Gasteiger partial charge on any atom is 0.144 e. The third kappa shape index (κ3) is 2.48. The van der Waals surface area contributed by atoms with Crippen molar-refractivity contribution in [2.45, 2.75) is 12.6 Å². The third-order valence-electron chi connectivity index (χ3n) is 4.00. The molecule has 0 amide bonds. The fourth-order valence-corrected chi connectivity index (χ4v) is 2.84. The minimum Gasteiger partial charge on any atom is -0.355 e. The van der Waals surface area contributed by atoms with E-state index >= 15 is 0 Å². The first-order chi connectivity index (χ1) is 11.3. The average molecular weight is 306 g/mol. The van der Waals surface area contributed by atoms with Gasteiger partial charge < -0.3 is 9.69 Å². The molecule has 3 aromatic rings. The number of aromatic nitrogens is 2. The Hall–Kier alpha value is -3.02. The molecule has 0 saturated carbocycles. The van der Waals surface area contributed by atoms with E-state index in [0.717, 1.165) is 28.6 Å². The number of benzodiazepines with no additional fused rings is 1. The van der Waals surface area contributed by atoms with E-state index in [-0.39, 0.29) is 6.04 Å². The number of benzene rings is 2. The molecule has 2 heterocycles. The van der Waals surface area contributed by atoms with Gasteiger partial charge in [-0.15, -0.1) is 0 Å². The van der Waals surface area contributed by atoms with Gasteiger partial charge in [-0.1, -0.05) is 24.3 Å². The molecule has 4 rings (SSSR count). The van der Waals surface area contributed by atoms with Crippen molar-refractivity contribution in [3.05, 3.63) is 53.6 Å². The van der Waals surface area contributed by atoms with E-state index in [4.69, 9.17) is 4.63 Å². The molecule has 114 valence electrons. The average Bonchev–Trinajstić information content (AvgIpc) is 2.98. The number of hydrogen-bond acceptors (Lipinski definition) is 6. The summed E-state index contributed by atoms with van der Waals surface area (Å²) >= 11 is 0. The molecule has 0 bridgehead atoms. The van der Waals surface area contributed by atoms with Crippen LogP contribution >= 0.6 is 0 Å². The lowest BCUT2D eigenvalue weighted by molar-refractivity contribution is -0.108. The van der Waals surface area contributed by atoms with E-state index in [1.54, 1.807) is 0 Å². The summed E-state index contributed by atoms with van der Waals surface area (Å²) in [6.07, 6.45) is 2.78. The molecule has 0 aliphatic carbocycles. The van der Waals surface area contributed by atoms with E-state index < -0.39 is 0 Å². The molecular formula is C17H14N4O2. The Balaban J connectivity index is 1.74. The lowest BCUT2D eigenvalue weighted by Gasteiger charge is -2.29. The third-order valence-corrected chi connectivity index (χ3v) is 4.00. The Morgan fingerprint density at radius 2 is 2.04 bits per heavy atom.